The smallest absolute Gasteiger partial charge is 0.0839 e. The van der Waals surface area contributed by atoms with Gasteiger partial charge in [-0.2, -0.15) is 0 Å². The predicted molar refractivity (Wildman–Crippen MR) is 48.5 cm³/mol. The zero-order chi connectivity index (χ0) is 8.39. The van der Waals surface area contributed by atoms with E-state index in [4.69, 9.17) is 5.21 Å². The Morgan fingerprint density at radius 3 is 2.67 bits per heavy atom. The molecule has 0 atom stereocenters. The Balaban J connectivity index is 2.72. The number of oxime groups is 1. The highest BCUT2D eigenvalue weighted by molar-refractivity contribution is 6.12. The van der Waals surface area contributed by atoms with E-state index in [-0.39, 0.29) is 0 Å². The van der Waals surface area contributed by atoms with Gasteiger partial charge in [0.05, 0.1) is 5.71 Å². The third-order valence-corrected chi connectivity index (χ3v) is 1.98. The van der Waals surface area contributed by atoms with Gasteiger partial charge in [-0.1, -0.05) is 35.5 Å². The maximum Gasteiger partial charge on any atom is 0.0839 e. The Morgan fingerprint density at radius 1 is 1.17 bits per heavy atom. The van der Waals surface area contributed by atoms with Crippen molar-refractivity contribution in [3.05, 3.63) is 34.7 Å². The zero-order valence-electron chi connectivity index (χ0n) is 6.57. The van der Waals surface area contributed by atoms with Gasteiger partial charge in [0.15, 0.2) is 0 Å². The Kier molecular flexibility index (Phi) is 1.67. The minimum atomic E-state index is 0.716. The van der Waals surface area contributed by atoms with Crippen LogP contribution in [0, 0.1) is 0 Å². The lowest BCUT2D eigenvalue weighted by molar-refractivity contribution is 0.319. The average Bonchev–Trinajstić information content (AvgIpc) is 2.17. The van der Waals surface area contributed by atoms with Gasteiger partial charge in [-0.25, -0.2) is 0 Å². The van der Waals surface area contributed by atoms with Gasteiger partial charge >= 0.3 is 0 Å². The molecule has 0 radical (unpaired) electrons. The van der Waals surface area contributed by atoms with E-state index in [0.29, 0.717) is 12.1 Å². The molecule has 0 unspecified atom stereocenters. The number of nitrogens with zero attached hydrogens (tertiary/aromatic N) is 1. The summed E-state index contributed by atoms with van der Waals surface area (Å²) in [4.78, 5) is 0. The van der Waals surface area contributed by atoms with E-state index in [9.17, 15) is 0 Å². The molecule has 2 nitrogen and oxygen atoms in total. The number of benzene rings is 1. The van der Waals surface area contributed by atoms with Gasteiger partial charge < -0.3 is 5.21 Å². The Hall–Kier alpha value is -1.57. The molecule has 60 valence electrons. The summed E-state index contributed by atoms with van der Waals surface area (Å²) >= 11 is 0. The molecule has 0 fully saturated rings. The molecule has 1 aromatic carbocycles. The van der Waals surface area contributed by atoms with Crippen LogP contribution in [-0.2, 0) is 0 Å². The summed E-state index contributed by atoms with van der Waals surface area (Å²) in [7, 11) is 0. The summed E-state index contributed by atoms with van der Waals surface area (Å²) in [5.41, 5.74) is 0.716. The topological polar surface area (TPSA) is 32.6 Å². The van der Waals surface area contributed by atoms with Crippen molar-refractivity contribution in [2.45, 2.75) is 6.42 Å². The first-order valence-corrected chi connectivity index (χ1v) is 3.88. The maximum absolute atomic E-state index is 8.55. The number of rotatable bonds is 0. The first kappa shape index (κ1) is 7.10. The molecule has 2 rings (SSSR count). The van der Waals surface area contributed by atoms with Gasteiger partial charge in [0.1, 0.15) is 0 Å². The molecular weight excluding hydrogens is 150 g/mol. The van der Waals surface area contributed by atoms with E-state index in [0.717, 1.165) is 5.22 Å². The first-order chi connectivity index (χ1) is 5.90. The zero-order valence-corrected chi connectivity index (χ0v) is 6.57. The molecule has 1 aliphatic rings. The van der Waals surface area contributed by atoms with Crippen LogP contribution in [0.3, 0.4) is 0 Å². The Labute approximate surface area is 70.1 Å². The molecular formula is C10H9NO. The average molecular weight is 159 g/mol. The standard InChI is InChI=1S/C10H9NO/c12-11-10-6-5-8-3-1-2-4-9(8)7-10/h1-5,7,12H,6H2. The lowest BCUT2D eigenvalue weighted by atomic mass is 10.1. The van der Waals surface area contributed by atoms with Gasteiger partial charge in [0.2, 0.25) is 0 Å². The van der Waals surface area contributed by atoms with Crippen molar-refractivity contribution in [2.75, 3.05) is 0 Å². The molecule has 0 saturated heterocycles. The van der Waals surface area contributed by atoms with Crippen LogP contribution in [-0.4, -0.2) is 10.9 Å². The molecule has 0 bridgehead atoms. The summed E-state index contributed by atoms with van der Waals surface area (Å²) in [6, 6.07) is 8.05. The summed E-state index contributed by atoms with van der Waals surface area (Å²) in [6.45, 7) is 0. The van der Waals surface area contributed by atoms with Crippen molar-refractivity contribution in [1.82, 2.24) is 0 Å². The van der Waals surface area contributed by atoms with Crippen LogP contribution in [0.4, 0.5) is 0 Å². The van der Waals surface area contributed by atoms with Crippen LogP contribution in [0.2, 0.25) is 0 Å². The van der Waals surface area contributed by atoms with Crippen LogP contribution in [0.5, 0.6) is 0 Å². The quantitative estimate of drug-likeness (QED) is 0.433. The summed E-state index contributed by atoms with van der Waals surface area (Å²) in [5, 5.41) is 14.1. The van der Waals surface area contributed by atoms with E-state index in [1.807, 2.05) is 24.3 Å². The summed E-state index contributed by atoms with van der Waals surface area (Å²) in [6.07, 6.45) is 4.67. The third kappa shape index (κ3) is 1.11. The monoisotopic (exact) mass is 159 g/mol. The first-order valence-electron chi connectivity index (χ1n) is 3.88. The molecule has 0 aliphatic heterocycles. The fourth-order valence-corrected chi connectivity index (χ4v) is 1.35. The lowest BCUT2D eigenvalue weighted by Gasteiger charge is -1.99. The molecule has 12 heavy (non-hydrogen) atoms. The number of hydrogen-bond donors (Lipinski definition) is 1. The van der Waals surface area contributed by atoms with Crippen LogP contribution >= 0.6 is 0 Å². The third-order valence-electron chi connectivity index (χ3n) is 1.98. The molecule has 0 aromatic heterocycles. The maximum atomic E-state index is 8.55. The molecule has 0 saturated carbocycles. The van der Waals surface area contributed by atoms with Gasteiger partial charge in [-0.05, 0) is 16.5 Å². The highest BCUT2D eigenvalue weighted by Crippen LogP contribution is 1.92. The highest BCUT2D eigenvalue weighted by Gasteiger charge is 1.98. The second kappa shape index (κ2) is 2.81. The van der Waals surface area contributed by atoms with Crippen molar-refractivity contribution in [2.24, 2.45) is 5.16 Å². The van der Waals surface area contributed by atoms with Crippen LogP contribution in [0.15, 0.2) is 29.4 Å². The molecule has 0 spiro atoms. The molecule has 2 heteroatoms. The van der Waals surface area contributed by atoms with Crippen LogP contribution in [0.1, 0.15) is 6.42 Å². The minimum Gasteiger partial charge on any atom is -0.411 e. The van der Waals surface area contributed by atoms with Gasteiger partial charge in [0.25, 0.3) is 0 Å². The van der Waals surface area contributed by atoms with Crippen molar-refractivity contribution < 1.29 is 5.21 Å². The Bertz CT molecular complexity index is 431. The van der Waals surface area contributed by atoms with Gasteiger partial charge in [-0.15, -0.1) is 0 Å². The highest BCUT2D eigenvalue weighted by atomic mass is 16.4. The Morgan fingerprint density at radius 2 is 1.92 bits per heavy atom. The predicted octanol–water partition coefficient (Wildman–Crippen LogP) is 0.482. The van der Waals surface area contributed by atoms with Crippen molar-refractivity contribution in [3.8, 4) is 0 Å². The van der Waals surface area contributed by atoms with E-state index >= 15 is 0 Å². The summed E-state index contributed by atoms with van der Waals surface area (Å²) in [5.74, 6) is 0. The second-order valence-electron chi connectivity index (χ2n) is 2.77. The number of hydrogen-bond acceptors (Lipinski definition) is 2. The SMILES string of the molecule is ON=C1C=c2ccccc2=CC1. The normalized spacial score (nSPS) is 17.8. The minimum absolute atomic E-state index is 0.716. The molecule has 0 amide bonds. The van der Waals surface area contributed by atoms with E-state index in [2.05, 4.69) is 17.3 Å². The second-order valence-corrected chi connectivity index (χ2v) is 2.77. The van der Waals surface area contributed by atoms with Crippen LogP contribution in [0.25, 0.3) is 12.2 Å². The van der Waals surface area contributed by atoms with Crippen molar-refractivity contribution in [3.63, 3.8) is 0 Å². The van der Waals surface area contributed by atoms with Gasteiger partial charge in [0, 0.05) is 6.42 Å². The number of fused-ring (bicyclic) bond motifs is 1. The largest absolute Gasteiger partial charge is 0.411 e. The summed E-state index contributed by atoms with van der Waals surface area (Å²) < 4.78 is 0. The fourth-order valence-electron chi connectivity index (χ4n) is 1.35. The lowest BCUT2D eigenvalue weighted by Crippen LogP contribution is -2.28. The van der Waals surface area contributed by atoms with Crippen molar-refractivity contribution >= 4 is 17.9 Å². The van der Waals surface area contributed by atoms with Gasteiger partial charge in [-0.3, -0.25) is 0 Å². The molecule has 0 heterocycles. The van der Waals surface area contributed by atoms with Crippen LogP contribution < -0.4 is 10.4 Å². The fraction of sp³-hybridized carbons (Fsp3) is 0.100. The van der Waals surface area contributed by atoms with E-state index in [1.54, 1.807) is 0 Å². The molecule has 1 N–H and O–H groups in total. The van der Waals surface area contributed by atoms with Crippen molar-refractivity contribution in [1.29, 1.82) is 0 Å². The molecule has 1 aliphatic carbocycles. The van der Waals surface area contributed by atoms with E-state index in [1.165, 1.54) is 5.22 Å². The molecule has 1 aromatic rings. The van der Waals surface area contributed by atoms with E-state index < -0.39 is 0 Å².